The van der Waals surface area contributed by atoms with Gasteiger partial charge in [0.05, 0.1) is 23.5 Å². The van der Waals surface area contributed by atoms with E-state index in [0.717, 1.165) is 61.5 Å². The maximum absolute atomic E-state index is 15.0. The van der Waals surface area contributed by atoms with Crippen molar-refractivity contribution in [1.82, 2.24) is 20.2 Å². The van der Waals surface area contributed by atoms with Gasteiger partial charge in [0.1, 0.15) is 11.4 Å². The zero-order valence-corrected chi connectivity index (χ0v) is 22.5. The van der Waals surface area contributed by atoms with Gasteiger partial charge in [-0.1, -0.05) is 12.1 Å². The predicted molar refractivity (Wildman–Crippen MR) is 151 cm³/mol. The first kappa shape index (κ1) is 24.1. The average Bonchev–Trinajstić information content (AvgIpc) is 3.87. The van der Waals surface area contributed by atoms with Gasteiger partial charge in [0.15, 0.2) is 5.82 Å². The number of halogens is 1. The molecule has 0 bridgehead atoms. The van der Waals surface area contributed by atoms with Crippen LogP contribution in [0.2, 0.25) is 0 Å². The van der Waals surface area contributed by atoms with Crippen molar-refractivity contribution in [2.75, 3.05) is 36.4 Å². The van der Waals surface area contributed by atoms with Gasteiger partial charge in [0.2, 0.25) is 5.95 Å². The number of piperidine rings is 1. The number of carbonyl (C=O) groups is 1. The van der Waals surface area contributed by atoms with E-state index in [1.165, 1.54) is 38.5 Å². The Hall–Kier alpha value is -3.72. The number of fused-ring (bicyclic) bond motifs is 2. The number of carbonyl (C=O) groups excluding carboxylic acids is 1. The van der Waals surface area contributed by atoms with Crippen LogP contribution in [0.25, 0.3) is 11.3 Å². The van der Waals surface area contributed by atoms with Gasteiger partial charge in [-0.05, 0) is 87.9 Å². The highest BCUT2D eigenvalue weighted by atomic mass is 19.1. The largest absolute Gasteiger partial charge is 0.488 e. The van der Waals surface area contributed by atoms with Crippen LogP contribution in [0.5, 0.6) is 5.75 Å². The van der Waals surface area contributed by atoms with E-state index in [-0.39, 0.29) is 29.2 Å². The summed E-state index contributed by atoms with van der Waals surface area (Å²) in [5, 5.41) is 6.41. The Kier molecular flexibility index (Phi) is 5.52. The van der Waals surface area contributed by atoms with Crippen LogP contribution in [0.3, 0.4) is 0 Å². The van der Waals surface area contributed by atoms with Crippen molar-refractivity contribution in [3.8, 4) is 17.0 Å². The third-order valence-electron chi connectivity index (χ3n) is 9.16. The zero-order chi connectivity index (χ0) is 26.8. The summed E-state index contributed by atoms with van der Waals surface area (Å²) in [6, 6.07) is 12.5. The van der Waals surface area contributed by atoms with Crippen LogP contribution in [0, 0.1) is 5.82 Å². The highest BCUT2D eigenvalue weighted by Gasteiger charge is 2.52. The lowest BCUT2D eigenvalue weighted by atomic mass is 9.99. The van der Waals surface area contributed by atoms with Crippen molar-refractivity contribution in [2.45, 2.75) is 62.6 Å². The number of likely N-dealkylation sites (tertiary alicyclic amines) is 1. The molecule has 0 unspecified atom stereocenters. The lowest BCUT2D eigenvalue weighted by Crippen LogP contribution is -2.50. The quantitative estimate of drug-likeness (QED) is 0.438. The number of hydrogen-bond donors (Lipinski definition) is 2. The normalized spacial score (nSPS) is 21.6. The molecule has 9 heteroatoms. The summed E-state index contributed by atoms with van der Waals surface area (Å²) < 4.78 is 21.2. The summed E-state index contributed by atoms with van der Waals surface area (Å²) in [6.45, 7) is 4.53. The average molecular weight is 541 g/mol. The fraction of sp³-hybridized carbons (Fsp3) is 0.452. The van der Waals surface area contributed by atoms with Crippen molar-refractivity contribution in [2.24, 2.45) is 0 Å². The topological polar surface area (TPSA) is 82.6 Å². The number of nitrogens with one attached hydrogen (secondary N) is 2. The molecular weight excluding hydrogens is 507 g/mol. The molecule has 4 heterocycles. The second-order valence-corrected chi connectivity index (χ2v) is 11.9. The van der Waals surface area contributed by atoms with E-state index in [9.17, 15) is 4.79 Å². The zero-order valence-electron chi connectivity index (χ0n) is 22.5. The van der Waals surface area contributed by atoms with Crippen molar-refractivity contribution in [1.29, 1.82) is 0 Å². The van der Waals surface area contributed by atoms with Crippen LogP contribution >= 0.6 is 0 Å². The minimum Gasteiger partial charge on any atom is -0.488 e. The van der Waals surface area contributed by atoms with Gasteiger partial charge in [-0.2, -0.15) is 0 Å². The standard InChI is InChI=1S/C31H33FN6O2/c32-25-18-33-30(35-28(25)19-2-6-24-23(16-19)29(39)36-31(24)10-11-31)34-26-17-21(3-7-27(26)40-22-4-5-22)38-14-8-20(9-15-38)37-12-1-13-37/h2-3,6-7,16-18,20,22H,1,4-5,8-15H2,(H,36,39)(H,33,34,35). The highest BCUT2D eigenvalue weighted by Crippen LogP contribution is 2.50. The molecule has 2 aromatic carbocycles. The van der Waals surface area contributed by atoms with Crippen molar-refractivity contribution < 1.29 is 13.9 Å². The Labute approximate surface area is 232 Å². The minimum absolute atomic E-state index is 0.102. The molecule has 4 fully saturated rings. The molecule has 2 N–H and O–H groups in total. The monoisotopic (exact) mass is 540 g/mol. The molecule has 1 aromatic heterocycles. The second-order valence-electron chi connectivity index (χ2n) is 11.9. The number of hydrogen-bond acceptors (Lipinski definition) is 7. The lowest BCUT2D eigenvalue weighted by Gasteiger charge is -2.43. The van der Waals surface area contributed by atoms with Gasteiger partial charge < -0.3 is 25.2 Å². The molecule has 2 saturated carbocycles. The SMILES string of the molecule is O=C1NC2(CC2)c2ccc(-c3nc(Nc4cc(N5CCC(N6CCC6)CC5)ccc4OC4CC4)ncc3F)cc21. The fourth-order valence-corrected chi connectivity index (χ4v) is 6.39. The van der Waals surface area contributed by atoms with E-state index in [0.29, 0.717) is 17.2 Å². The molecule has 3 aliphatic heterocycles. The van der Waals surface area contributed by atoms with Crippen LogP contribution in [0.4, 0.5) is 21.7 Å². The summed E-state index contributed by atoms with van der Waals surface area (Å²) in [6.07, 6.45) is 9.09. The third-order valence-corrected chi connectivity index (χ3v) is 9.16. The number of nitrogens with zero attached hydrogens (tertiary/aromatic N) is 4. The molecular formula is C31H33FN6O2. The van der Waals surface area contributed by atoms with E-state index in [1.807, 2.05) is 18.2 Å². The molecule has 5 aliphatic rings. The maximum atomic E-state index is 15.0. The third kappa shape index (κ3) is 4.27. The molecule has 1 amide bonds. The molecule has 206 valence electrons. The van der Waals surface area contributed by atoms with Gasteiger partial charge in [-0.3, -0.25) is 4.79 Å². The molecule has 0 radical (unpaired) electrons. The summed E-state index contributed by atoms with van der Waals surface area (Å²) in [5.41, 5.74) is 4.02. The van der Waals surface area contributed by atoms with Crippen LogP contribution in [-0.4, -0.2) is 59.1 Å². The molecule has 0 atom stereocenters. The molecule has 3 aromatic rings. The second kappa shape index (κ2) is 9.16. The Morgan fingerprint density at radius 2 is 1.85 bits per heavy atom. The van der Waals surface area contributed by atoms with Crippen molar-refractivity contribution >= 4 is 23.2 Å². The van der Waals surface area contributed by atoms with Crippen LogP contribution in [0.15, 0.2) is 42.6 Å². The molecule has 8 nitrogen and oxygen atoms in total. The number of ether oxygens (including phenoxy) is 1. The summed E-state index contributed by atoms with van der Waals surface area (Å²) in [4.78, 5) is 26.4. The van der Waals surface area contributed by atoms with E-state index >= 15 is 4.39 Å². The maximum Gasteiger partial charge on any atom is 0.252 e. The summed E-state index contributed by atoms with van der Waals surface area (Å²) in [7, 11) is 0. The van der Waals surface area contributed by atoms with E-state index in [4.69, 9.17) is 4.74 Å². The Morgan fingerprint density at radius 1 is 1.02 bits per heavy atom. The smallest absolute Gasteiger partial charge is 0.252 e. The molecule has 2 aliphatic carbocycles. The molecule has 1 spiro atoms. The van der Waals surface area contributed by atoms with Gasteiger partial charge >= 0.3 is 0 Å². The van der Waals surface area contributed by atoms with Crippen molar-refractivity contribution in [3.63, 3.8) is 0 Å². The first-order chi connectivity index (χ1) is 19.5. The minimum atomic E-state index is -0.529. The molecule has 8 rings (SSSR count). The Bertz CT molecular complexity index is 1490. The van der Waals surface area contributed by atoms with E-state index in [2.05, 4.69) is 42.5 Å². The number of benzene rings is 2. The van der Waals surface area contributed by atoms with E-state index < -0.39 is 5.82 Å². The Balaban J connectivity index is 1.07. The number of rotatable bonds is 7. The van der Waals surface area contributed by atoms with Crippen molar-refractivity contribution in [3.05, 3.63) is 59.5 Å². The first-order valence-electron chi connectivity index (χ1n) is 14.6. The molecule has 40 heavy (non-hydrogen) atoms. The highest BCUT2D eigenvalue weighted by molar-refractivity contribution is 6.01. The summed E-state index contributed by atoms with van der Waals surface area (Å²) in [5.74, 6) is 0.405. The van der Waals surface area contributed by atoms with Gasteiger partial charge in [0, 0.05) is 35.9 Å². The van der Waals surface area contributed by atoms with Gasteiger partial charge in [0.25, 0.3) is 5.91 Å². The van der Waals surface area contributed by atoms with Crippen LogP contribution in [-0.2, 0) is 5.54 Å². The first-order valence-corrected chi connectivity index (χ1v) is 14.6. The predicted octanol–water partition coefficient (Wildman–Crippen LogP) is 4.97. The van der Waals surface area contributed by atoms with E-state index in [1.54, 1.807) is 6.07 Å². The van der Waals surface area contributed by atoms with Gasteiger partial charge in [-0.25, -0.2) is 14.4 Å². The summed E-state index contributed by atoms with van der Waals surface area (Å²) >= 11 is 0. The van der Waals surface area contributed by atoms with Gasteiger partial charge in [-0.15, -0.1) is 0 Å². The fourth-order valence-electron chi connectivity index (χ4n) is 6.39. The molecule has 2 saturated heterocycles. The lowest BCUT2D eigenvalue weighted by molar-refractivity contribution is 0.0952. The number of amides is 1. The Morgan fingerprint density at radius 3 is 2.58 bits per heavy atom. The number of anilines is 3. The van der Waals surface area contributed by atoms with Crippen LogP contribution < -0.4 is 20.3 Å². The van der Waals surface area contributed by atoms with Crippen LogP contribution in [0.1, 0.15) is 60.9 Å². The number of aromatic nitrogens is 2.